The molecule has 7 heteroatoms. The van der Waals surface area contributed by atoms with Crippen molar-refractivity contribution in [3.63, 3.8) is 0 Å². The third-order valence-corrected chi connectivity index (χ3v) is 3.25. The number of pyridine rings is 1. The Morgan fingerprint density at radius 3 is 2.54 bits per heavy atom. The van der Waals surface area contributed by atoms with Crippen molar-refractivity contribution in [2.24, 2.45) is 0 Å². The van der Waals surface area contributed by atoms with Crippen molar-refractivity contribution in [2.75, 3.05) is 10.6 Å². The first-order valence-electron chi connectivity index (χ1n) is 7.31. The molecule has 0 unspecified atom stereocenters. The topological polar surface area (TPSA) is 62.7 Å². The SMILES string of the molecule is Cc1cc(Nc2ccc(F)cc2F)nc(NCc2ccncc2)n1. The van der Waals surface area contributed by atoms with E-state index in [1.807, 2.05) is 19.1 Å². The summed E-state index contributed by atoms with van der Waals surface area (Å²) in [4.78, 5) is 12.6. The van der Waals surface area contributed by atoms with Gasteiger partial charge in [0.15, 0.2) is 0 Å². The number of anilines is 3. The van der Waals surface area contributed by atoms with Crippen LogP contribution in [-0.4, -0.2) is 15.0 Å². The summed E-state index contributed by atoms with van der Waals surface area (Å²) >= 11 is 0. The Labute approximate surface area is 137 Å². The minimum atomic E-state index is -0.683. The van der Waals surface area contributed by atoms with Gasteiger partial charge in [0.25, 0.3) is 0 Å². The van der Waals surface area contributed by atoms with E-state index in [-0.39, 0.29) is 5.69 Å². The third kappa shape index (κ3) is 4.01. The predicted octanol–water partition coefficient (Wildman–Crippen LogP) is 3.81. The molecule has 0 radical (unpaired) electrons. The highest BCUT2D eigenvalue weighted by atomic mass is 19.1. The van der Waals surface area contributed by atoms with E-state index in [9.17, 15) is 8.78 Å². The van der Waals surface area contributed by atoms with Crippen molar-refractivity contribution in [1.82, 2.24) is 15.0 Å². The Morgan fingerprint density at radius 1 is 1.00 bits per heavy atom. The molecule has 122 valence electrons. The van der Waals surface area contributed by atoms with Crippen LogP contribution in [0.1, 0.15) is 11.3 Å². The molecule has 0 aliphatic heterocycles. The fourth-order valence-electron chi connectivity index (χ4n) is 2.12. The van der Waals surface area contributed by atoms with Gasteiger partial charge in [-0.1, -0.05) is 0 Å². The Balaban J connectivity index is 1.76. The summed E-state index contributed by atoms with van der Waals surface area (Å²) in [5.74, 6) is -0.476. The molecule has 1 aromatic carbocycles. The highest BCUT2D eigenvalue weighted by Crippen LogP contribution is 2.20. The standard InChI is InChI=1S/C17H15F2N5/c1-11-8-16(23-15-3-2-13(18)9-14(15)19)24-17(22-11)21-10-12-4-6-20-7-5-12/h2-9H,10H2,1H3,(H2,21,22,23,24). The molecular weight excluding hydrogens is 312 g/mol. The molecule has 24 heavy (non-hydrogen) atoms. The maximum Gasteiger partial charge on any atom is 0.225 e. The molecule has 2 N–H and O–H groups in total. The Kier molecular flexibility index (Phi) is 4.60. The molecule has 0 aliphatic carbocycles. The summed E-state index contributed by atoms with van der Waals surface area (Å²) in [5.41, 5.74) is 1.90. The number of halogens is 2. The first kappa shape index (κ1) is 15.8. The molecule has 3 rings (SSSR count). The molecule has 5 nitrogen and oxygen atoms in total. The lowest BCUT2D eigenvalue weighted by Gasteiger charge is -2.10. The second-order valence-corrected chi connectivity index (χ2v) is 5.18. The van der Waals surface area contributed by atoms with Crippen molar-refractivity contribution in [3.05, 3.63) is 71.7 Å². The van der Waals surface area contributed by atoms with Crippen LogP contribution >= 0.6 is 0 Å². The Morgan fingerprint density at radius 2 is 1.79 bits per heavy atom. The van der Waals surface area contributed by atoms with Crippen LogP contribution in [0.15, 0.2) is 48.8 Å². The maximum absolute atomic E-state index is 13.7. The van der Waals surface area contributed by atoms with Crippen LogP contribution in [0.5, 0.6) is 0 Å². The van der Waals surface area contributed by atoms with Crippen LogP contribution in [0.2, 0.25) is 0 Å². The number of hydrogen-bond donors (Lipinski definition) is 2. The highest BCUT2D eigenvalue weighted by Gasteiger charge is 2.07. The molecule has 0 spiro atoms. The maximum atomic E-state index is 13.7. The molecule has 0 aliphatic rings. The second-order valence-electron chi connectivity index (χ2n) is 5.18. The number of aryl methyl sites for hydroxylation is 1. The minimum absolute atomic E-state index is 0.148. The molecule has 0 amide bonds. The highest BCUT2D eigenvalue weighted by molar-refractivity contribution is 5.58. The van der Waals surface area contributed by atoms with Crippen LogP contribution < -0.4 is 10.6 Å². The lowest BCUT2D eigenvalue weighted by atomic mass is 10.3. The molecule has 2 heterocycles. The molecule has 0 saturated heterocycles. The van der Waals surface area contributed by atoms with Gasteiger partial charge in [-0.05, 0) is 36.8 Å². The first-order chi connectivity index (χ1) is 11.6. The molecule has 2 aromatic heterocycles. The average molecular weight is 327 g/mol. The summed E-state index contributed by atoms with van der Waals surface area (Å²) in [6, 6.07) is 8.78. The fraction of sp³-hybridized carbons (Fsp3) is 0.118. The monoisotopic (exact) mass is 327 g/mol. The summed E-state index contributed by atoms with van der Waals surface area (Å²) in [6.07, 6.45) is 3.41. The van der Waals surface area contributed by atoms with E-state index in [4.69, 9.17) is 0 Å². The van der Waals surface area contributed by atoms with Crippen LogP contribution in [0.4, 0.5) is 26.2 Å². The van der Waals surface area contributed by atoms with Crippen LogP contribution in [-0.2, 0) is 6.54 Å². The van der Waals surface area contributed by atoms with E-state index < -0.39 is 11.6 Å². The van der Waals surface area contributed by atoms with E-state index in [2.05, 4.69) is 25.6 Å². The summed E-state index contributed by atoms with van der Waals surface area (Å²) in [7, 11) is 0. The molecule has 0 fully saturated rings. The van der Waals surface area contributed by atoms with Crippen molar-refractivity contribution in [2.45, 2.75) is 13.5 Å². The zero-order chi connectivity index (χ0) is 16.9. The summed E-state index contributed by atoms with van der Waals surface area (Å²) < 4.78 is 26.7. The molecule has 3 aromatic rings. The Bertz CT molecular complexity index is 840. The van der Waals surface area contributed by atoms with E-state index >= 15 is 0 Å². The molecule has 0 bridgehead atoms. The second kappa shape index (κ2) is 6.99. The number of rotatable bonds is 5. The van der Waals surface area contributed by atoms with Crippen molar-refractivity contribution in [1.29, 1.82) is 0 Å². The lowest BCUT2D eigenvalue weighted by Crippen LogP contribution is -2.06. The van der Waals surface area contributed by atoms with Gasteiger partial charge in [-0.2, -0.15) is 4.98 Å². The van der Waals surface area contributed by atoms with E-state index in [1.54, 1.807) is 18.5 Å². The Hall–Kier alpha value is -3.09. The quantitative estimate of drug-likeness (QED) is 0.746. The first-order valence-corrected chi connectivity index (χ1v) is 7.31. The number of nitrogens with one attached hydrogen (secondary N) is 2. The van der Waals surface area contributed by atoms with E-state index in [1.165, 1.54) is 12.1 Å². The van der Waals surface area contributed by atoms with E-state index in [0.717, 1.165) is 11.6 Å². The van der Waals surface area contributed by atoms with Gasteiger partial charge in [-0.15, -0.1) is 0 Å². The molecular formula is C17H15F2N5. The van der Waals surface area contributed by atoms with Crippen LogP contribution in [0, 0.1) is 18.6 Å². The largest absolute Gasteiger partial charge is 0.350 e. The zero-order valence-corrected chi connectivity index (χ0v) is 12.9. The van der Waals surface area contributed by atoms with Crippen LogP contribution in [0.25, 0.3) is 0 Å². The normalized spacial score (nSPS) is 10.5. The lowest BCUT2D eigenvalue weighted by molar-refractivity contribution is 0.586. The predicted molar refractivity (Wildman–Crippen MR) is 88.0 cm³/mol. The van der Waals surface area contributed by atoms with Gasteiger partial charge in [0, 0.05) is 36.8 Å². The third-order valence-electron chi connectivity index (χ3n) is 3.25. The van der Waals surface area contributed by atoms with Gasteiger partial charge in [-0.25, -0.2) is 13.8 Å². The molecule has 0 saturated carbocycles. The van der Waals surface area contributed by atoms with Gasteiger partial charge in [0.2, 0.25) is 5.95 Å². The minimum Gasteiger partial charge on any atom is -0.350 e. The van der Waals surface area contributed by atoms with Gasteiger partial charge < -0.3 is 10.6 Å². The summed E-state index contributed by atoms with van der Waals surface area (Å²) in [5, 5.41) is 5.94. The average Bonchev–Trinajstić information content (AvgIpc) is 2.56. The number of hydrogen-bond acceptors (Lipinski definition) is 5. The summed E-state index contributed by atoms with van der Waals surface area (Å²) in [6.45, 7) is 2.35. The number of nitrogens with zero attached hydrogens (tertiary/aromatic N) is 3. The number of benzene rings is 1. The zero-order valence-electron chi connectivity index (χ0n) is 12.9. The smallest absolute Gasteiger partial charge is 0.225 e. The van der Waals surface area contributed by atoms with Crippen molar-refractivity contribution in [3.8, 4) is 0 Å². The van der Waals surface area contributed by atoms with E-state index in [0.29, 0.717) is 24.0 Å². The van der Waals surface area contributed by atoms with Crippen molar-refractivity contribution < 1.29 is 8.78 Å². The van der Waals surface area contributed by atoms with Gasteiger partial charge in [0.1, 0.15) is 17.5 Å². The fourth-order valence-corrected chi connectivity index (χ4v) is 2.12. The van der Waals surface area contributed by atoms with Gasteiger partial charge in [-0.3, -0.25) is 4.98 Å². The number of aromatic nitrogens is 3. The van der Waals surface area contributed by atoms with Crippen molar-refractivity contribution >= 4 is 17.5 Å². The van der Waals surface area contributed by atoms with Gasteiger partial charge in [0.05, 0.1) is 5.69 Å². The van der Waals surface area contributed by atoms with Gasteiger partial charge >= 0.3 is 0 Å². The molecule has 0 atom stereocenters. The van der Waals surface area contributed by atoms with Crippen LogP contribution in [0.3, 0.4) is 0 Å².